The van der Waals surface area contributed by atoms with E-state index in [2.05, 4.69) is 10.2 Å². The third-order valence-corrected chi connectivity index (χ3v) is 4.88. The van der Waals surface area contributed by atoms with Crippen LogP contribution in [0.5, 0.6) is 5.75 Å². The van der Waals surface area contributed by atoms with E-state index >= 15 is 0 Å². The fourth-order valence-corrected chi connectivity index (χ4v) is 3.59. The second kappa shape index (κ2) is 7.26. The van der Waals surface area contributed by atoms with Gasteiger partial charge in [0.1, 0.15) is 5.75 Å². The Morgan fingerprint density at radius 3 is 2.68 bits per heavy atom. The van der Waals surface area contributed by atoms with Gasteiger partial charge in [-0.2, -0.15) is 0 Å². The van der Waals surface area contributed by atoms with Crippen LogP contribution in [0.25, 0.3) is 16.6 Å². The molecule has 6 nitrogen and oxygen atoms in total. The summed E-state index contributed by atoms with van der Waals surface area (Å²) in [6, 6.07) is 13.1. The van der Waals surface area contributed by atoms with Crippen LogP contribution in [0.4, 0.5) is 0 Å². The van der Waals surface area contributed by atoms with Crippen LogP contribution in [0.3, 0.4) is 0 Å². The molecule has 0 aliphatic heterocycles. The van der Waals surface area contributed by atoms with Gasteiger partial charge in [-0.3, -0.25) is 4.79 Å². The molecule has 0 spiro atoms. The standard InChI is InChI=1S/C20H16ClN3O3S/c1-11-19(12(2)25)16-9-15(26-10-18-22-23-20(28)27-18)7-8-17(16)24(11)14-5-3-13(21)4-6-14/h3-9H,10H2,1-2H3,(H,23,28). The number of carbonyl (C=O) groups excluding carboxylic acids is 1. The van der Waals surface area contributed by atoms with Crippen LogP contribution >= 0.6 is 23.8 Å². The first-order valence-corrected chi connectivity index (χ1v) is 9.32. The Bertz CT molecular complexity index is 1240. The zero-order valence-electron chi connectivity index (χ0n) is 15.2. The third kappa shape index (κ3) is 3.34. The monoisotopic (exact) mass is 413 g/mol. The average molecular weight is 414 g/mol. The second-order valence-electron chi connectivity index (χ2n) is 6.30. The summed E-state index contributed by atoms with van der Waals surface area (Å²) in [4.78, 5) is 12.6. The minimum absolute atomic E-state index is 0.00888. The van der Waals surface area contributed by atoms with Crippen molar-refractivity contribution in [3.8, 4) is 11.4 Å². The summed E-state index contributed by atoms with van der Waals surface area (Å²) < 4.78 is 13.0. The lowest BCUT2D eigenvalue weighted by Gasteiger charge is -2.09. The van der Waals surface area contributed by atoms with Gasteiger partial charge < -0.3 is 13.7 Å². The number of benzene rings is 2. The highest BCUT2D eigenvalue weighted by atomic mass is 35.5. The van der Waals surface area contributed by atoms with Gasteiger partial charge in [0.2, 0.25) is 0 Å². The Hall–Kier alpha value is -2.90. The molecule has 0 bridgehead atoms. The fraction of sp³-hybridized carbons (Fsp3) is 0.150. The number of ketones is 1. The van der Waals surface area contributed by atoms with E-state index in [0.717, 1.165) is 22.3 Å². The minimum atomic E-state index is -0.00888. The predicted molar refractivity (Wildman–Crippen MR) is 109 cm³/mol. The largest absolute Gasteiger partial charge is 0.484 e. The maximum Gasteiger partial charge on any atom is 0.284 e. The molecule has 0 atom stereocenters. The molecular formula is C20H16ClN3O3S. The van der Waals surface area contributed by atoms with Crippen molar-refractivity contribution in [1.29, 1.82) is 0 Å². The van der Waals surface area contributed by atoms with Crippen molar-refractivity contribution in [2.75, 3.05) is 0 Å². The highest BCUT2D eigenvalue weighted by Gasteiger charge is 2.19. The Kier molecular flexibility index (Phi) is 4.78. The second-order valence-corrected chi connectivity index (χ2v) is 7.11. The predicted octanol–water partition coefficient (Wildman–Crippen LogP) is 5.42. The summed E-state index contributed by atoms with van der Waals surface area (Å²) >= 11 is 10.9. The number of fused-ring (bicyclic) bond motifs is 1. The van der Waals surface area contributed by atoms with Gasteiger partial charge >= 0.3 is 0 Å². The van der Waals surface area contributed by atoms with Crippen LogP contribution < -0.4 is 4.74 Å². The quantitative estimate of drug-likeness (QED) is 0.349. The fourth-order valence-electron chi connectivity index (χ4n) is 3.32. The van der Waals surface area contributed by atoms with Crippen molar-refractivity contribution < 1.29 is 13.9 Å². The van der Waals surface area contributed by atoms with E-state index in [4.69, 9.17) is 33.0 Å². The number of nitrogens with zero attached hydrogens (tertiary/aromatic N) is 2. The molecule has 1 N–H and O–H groups in total. The van der Waals surface area contributed by atoms with E-state index in [0.29, 0.717) is 22.2 Å². The van der Waals surface area contributed by atoms with E-state index in [1.54, 1.807) is 6.92 Å². The van der Waals surface area contributed by atoms with Gasteiger partial charge in [0.15, 0.2) is 12.4 Å². The Morgan fingerprint density at radius 1 is 1.29 bits per heavy atom. The van der Waals surface area contributed by atoms with E-state index < -0.39 is 0 Å². The molecule has 0 amide bonds. The Morgan fingerprint density at radius 2 is 2.04 bits per heavy atom. The van der Waals surface area contributed by atoms with Crippen molar-refractivity contribution in [2.45, 2.75) is 20.5 Å². The van der Waals surface area contributed by atoms with Crippen LogP contribution in [0.1, 0.15) is 28.9 Å². The summed E-state index contributed by atoms with van der Waals surface area (Å²) in [6.07, 6.45) is 0. The topological polar surface area (TPSA) is 73.1 Å². The highest BCUT2D eigenvalue weighted by molar-refractivity contribution is 7.71. The summed E-state index contributed by atoms with van der Waals surface area (Å²) in [6.45, 7) is 3.62. The Balaban J connectivity index is 1.79. The Labute approximate surface area is 170 Å². The molecule has 2 aromatic carbocycles. The number of aromatic amines is 1. The number of ether oxygens (including phenoxy) is 1. The molecule has 0 fully saturated rings. The molecule has 0 saturated carbocycles. The molecule has 28 heavy (non-hydrogen) atoms. The zero-order chi connectivity index (χ0) is 19.8. The van der Waals surface area contributed by atoms with Crippen LogP contribution in [0.15, 0.2) is 46.9 Å². The summed E-state index contributed by atoms with van der Waals surface area (Å²) in [5.41, 5.74) is 3.36. The number of H-pyrrole nitrogens is 1. The lowest BCUT2D eigenvalue weighted by molar-refractivity contribution is 0.101. The number of aromatic nitrogens is 3. The van der Waals surface area contributed by atoms with E-state index in [1.807, 2.05) is 54.0 Å². The zero-order valence-corrected chi connectivity index (χ0v) is 16.7. The van der Waals surface area contributed by atoms with E-state index in [-0.39, 0.29) is 17.2 Å². The molecule has 0 saturated heterocycles. The lowest BCUT2D eigenvalue weighted by atomic mass is 10.1. The number of rotatable bonds is 5. The number of hydrogen-bond donors (Lipinski definition) is 1. The van der Waals surface area contributed by atoms with Gasteiger partial charge in [-0.1, -0.05) is 11.6 Å². The van der Waals surface area contributed by atoms with Crippen LogP contribution in [0, 0.1) is 11.8 Å². The van der Waals surface area contributed by atoms with Gasteiger partial charge in [-0.05, 0) is 68.5 Å². The van der Waals surface area contributed by atoms with Crippen molar-refractivity contribution in [3.63, 3.8) is 0 Å². The summed E-state index contributed by atoms with van der Waals surface area (Å²) in [5.74, 6) is 0.949. The molecule has 0 unspecified atom stereocenters. The first kappa shape index (κ1) is 18.5. The number of hydrogen-bond acceptors (Lipinski definition) is 5. The maximum atomic E-state index is 12.4. The number of Topliss-reactive ketones (excluding diaryl/α,β-unsaturated/α-hetero) is 1. The molecule has 0 radical (unpaired) electrons. The van der Waals surface area contributed by atoms with Gasteiger partial charge in [0.25, 0.3) is 10.7 Å². The average Bonchev–Trinajstić information content (AvgIpc) is 3.20. The van der Waals surface area contributed by atoms with E-state index in [9.17, 15) is 4.79 Å². The molecule has 2 aromatic heterocycles. The van der Waals surface area contributed by atoms with Crippen LogP contribution in [-0.2, 0) is 6.61 Å². The van der Waals surface area contributed by atoms with Gasteiger partial charge in [0.05, 0.1) is 5.52 Å². The number of carbonyl (C=O) groups is 1. The minimum Gasteiger partial charge on any atom is -0.484 e. The van der Waals surface area contributed by atoms with Gasteiger partial charge in [-0.15, -0.1) is 5.10 Å². The lowest BCUT2D eigenvalue weighted by Crippen LogP contribution is -1.99. The highest BCUT2D eigenvalue weighted by Crippen LogP contribution is 2.32. The molecule has 0 aliphatic rings. The van der Waals surface area contributed by atoms with Crippen molar-refractivity contribution in [3.05, 3.63) is 69.5 Å². The number of halogens is 1. The summed E-state index contributed by atoms with van der Waals surface area (Å²) in [5, 5.41) is 7.94. The molecule has 4 rings (SSSR count). The van der Waals surface area contributed by atoms with Gasteiger partial charge in [0, 0.05) is 27.4 Å². The SMILES string of the molecule is CC(=O)c1c(C)n(-c2ccc(Cl)cc2)c2ccc(OCc3n[nH]c(=S)o3)cc12. The number of nitrogens with one attached hydrogen (secondary N) is 1. The first-order chi connectivity index (χ1) is 13.4. The molecule has 142 valence electrons. The van der Waals surface area contributed by atoms with Gasteiger partial charge in [-0.25, -0.2) is 5.10 Å². The summed E-state index contributed by atoms with van der Waals surface area (Å²) in [7, 11) is 0. The van der Waals surface area contributed by atoms with Crippen molar-refractivity contribution in [2.24, 2.45) is 0 Å². The molecule has 0 aliphatic carbocycles. The normalized spacial score (nSPS) is 11.1. The third-order valence-electron chi connectivity index (χ3n) is 4.46. The molecule has 8 heteroatoms. The van der Waals surface area contributed by atoms with Crippen LogP contribution in [0.2, 0.25) is 5.02 Å². The smallest absolute Gasteiger partial charge is 0.284 e. The van der Waals surface area contributed by atoms with Crippen molar-refractivity contribution >= 4 is 40.5 Å². The maximum absolute atomic E-state index is 12.4. The molecular weight excluding hydrogens is 398 g/mol. The van der Waals surface area contributed by atoms with Crippen LogP contribution in [-0.4, -0.2) is 20.5 Å². The molecule has 2 heterocycles. The van der Waals surface area contributed by atoms with E-state index in [1.165, 1.54) is 0 Å². The van der Waals surface area contributed by atoms with Crippen molar-refractivity contribution in [1.82, 2.24) is 14.8 Å². The first-order valence-electron chi connectivity index (χ1n) is 8.53. The molecule has 4 aromatic rings.